The lowest BCUT2D eigenvalue weighted by atomic mass is 9.93. The minimum Gasteiger partial charge on any atom is -0.507 e. The van der Waals surface area contributed by atoms with Crippen molar-refractivity contribution in [1.29, 1.82) is 0 Å². The molecule has 2 heterocycles. The summed E-state index contributed by atoms with van der Waals surface area (Å²) in [6.45, 7) is 3.76. The van der Waals surface area contributed by atoms with Gasteiger partial charge in [-0.1, -0.05) is 92.6 Å². The Morgan fingerprint density at radius 3 is 2.58 bits per heavy atom. The monoisotopic (exact) mass is 625 g/mol. The fraction of sp³-hybridized carbons (Fsp3) is 0.143. The summed E-state index contributed by atoms with van der Waals surface area (Å²) in [7, 11) is 0. The Labute approximate surface area is 241 Å². The molecule has 0 radical (unpaired) electrons. The van der Waals surface area contributed by atoms with Crippen LogP contribution in [0.4, 0.5) is 5.13 Å². The maximum Gasteiger partial charge on any atom is 0.301 e. The van der Waals surface area contributed by atoms with Gasteiger partial charge >= 0.3 is 5.91 Å². The van der Waals surface area contributed by atoms with Crippen molar-refractivity contribution in [3.63, 3.8) is 0 Å². The van der Waals surface area contributed by atoms with Crippen LogP contribution < -0.4 is 4.90 Å². The molecule has 192 valence electrons. The van der Waals surface area contributed by atoms with Gasteiger partial charge in [-0.25, -0.2) is 0 Å². The summed E-state index contributed by atoms with van der Waals surface area (Å²) in [5.74, 6) is -1.09. The number of amides is 1. The number of hydrogen-bond donors (Lipinski definition) is 1. The lowest BCUT2D eigenvalue weighted by Crippen LogP contribution is -2.29. The van der Waals surface area contributed by atoms with Crippen LogP contribution in [0.2, 0.25) is 5.02 Å². The predicted molar refractivity (Wildman–Crippen MR) is 156 cm³/mol. The highest BCUT2D eigenvalue weighted by Crippen LogP contribution is 2.44. The predicted octanol–water partition coefficient (Wildman–Crippen LogP) is 7.49. The number of ketones is 1. The number of aliphatic hydroxyl groups excluding tert-OH is 1. The molecule has 0 aliphatic carbocycles. The summed E-state index contributed by atoms with van der Waals surface area (Å²) < 4.78 is 1.43. The first-order valence-corrected chi connectivity index (χ1v) is 14.5. The minimum absolute atomic E-state index is 0.0207. The third-order valence-electron chi connectivity index (χ3n) is 6.13. The van der Waals surface area contributed by atoms with E-state index in [0.29, 0.717) is 26.2 Å². The molecule has 1 aliphatic rings. The molecule has 1 aliphatic heterocycles. The Bertz CT molecular complexity index is 1590. The lowest BCUT2D eigenvalue weighted by molar-refractivity contribution is -0.132. The van der Waals surface area contributed by atoms with E-state index >= 15 is 0 Å². The number of carbonyl (C=O) groups excluding carboxylic acids is 2. The highest BCUT2D eigenvalue weighted by molar-refractivity contribution is 9.10. The molecule has 1 unspecified atom stereocenters. The smallest absolute Gasteiger partial charge is 0.301 e. The number of aryl methyl sites for hydroxylation is 2. The number of aromatic nitrogens is 2. The van der Waals surface area contributed by atoms with E-state index in [1.54, 1.807) is 0 Å². The van der Waals surface area contributed by atoms with E-state index in [0.717, 1.165) is 21.2 Å². The molecule has 1 aromatic heterocycles. The summed E-state index contributed by atoms with van der Waals surface area (Å²) in [6, 6.07) is 19.6. The molecule has 38 heavy (non-hydrogen) atoms. The standard InChI is InChI=1S/C28H21BrClN3O3S2/c1-15-6-7-16(2)21(12-15)24(34)22-23(18-4-3-5-19(29)13-18)33(26(36)25(22)35)27-31-32-28(38-27)37-14-17-8-10-20(30)11-9-17/h3-13,23,34H,14H2,1-2H3. The molecule has 10 heteroatoms. The van der Waals surface area contributed by atoms with E-state index in [1.165, 1.54) is 28.0 Å². The number of carbonyl (C=O) groups is 2. The SMILES string of the molecule is Cc1ccc(C)c(C(O)=C2C(=O)C(=O)N(c3nnc(SCc4ccc(Cl)cc4)s3)C2c2cccc(Br)c2)c1. The number of rotatable bonds is 6. The van der Waals surface area contributed by atoms with Crippen molar-refractivity contribution < 1.29 is 14.7 Å². The molecule has 6 nitrogen and oxygen atoms in total. The molecule has 1 amide bonds. The average Bonchev–Trinajstić information content (AvgIpc) is 3.47. The molecule has 5 rings (SSSR count). The molecular formula is C28H21BrClN3O3S2. The van der Waals surface area contributed by atoms with Gasteiger partial charge in [-0.2, -0.15) is 0 Å². The Hall–Kier alpha value is -2.98. The number of nitrogens with zero attached hydrogens (tertiary/aromatic N) is 3. The number of halogens is 2. The Morgan fingerprint density at radius 1 is 1.08 bits per heavy atom. The second-order valence-electron chi connectivity index (χ2n) is 8.81. The van der Waals surface area contributed by atoms with Crippen LogP contribution in [0.1, 0.15) is 33.9 Å². The molecular weight excluding hydrogens is 606 g/mol. The number of hydrogen-bond acceptors (Lipinski definition) is 7. The minimum atomic E-state index is -0.866. The van der Waals surface area contributed by atoms with Crippen LogP contribution in [0.15, 0.2) is 81.1 Å². The highest BCUT2D eigenvalue weighted by Gasteiger charge is 2.48. The van der Waals surface area contributed by atoms with Crippen LogP contribution in [-0.2, 0) is 15.3 Å². The van der Waals surface area contributed by atoms with Crippen molar-refractivity contribution in [2.75, 3.05) is 4.90 Å². The molecule has 1 atom stereocenters. The second-order valence-corrected chi connectivity index (χ2v) is 12.3. The van der Waals surface area contributed by atoms with Crippen LogP contribution in [0, 0.1) is 13.8 Å². The summed E-state index contributed by atoms with van der Waals surface area (Å²) in [6.07, 6.45) is 0. The molecule has 1 fully saturated rings. The number of benzene rings is 3. The molecule has 0 saturated carbocycles. The number of Topliss-reactive ketones (excluding diaryl/α,β-unsaturated/α-hetero) is 1. The van der Waals surface area contributed by atoms with Gasteiger partial charge in [-0.05, 0) is 60.9 Å². The van der Waals surface area contributed by atoms with Crippen LogP contribution >= 0.6 is 50.6 Å². The van der Waals surface area contributed by atoms with Gasteiger partial charge in [0.1, 0.15) is 5.76 Å². The van der Waals surface area contributed by atoms with E-state index < -0.39 is 17.7 Å². The first-order valence-electron chi connectivity index (χ1n) is 11.6. The number of aliphatic hydroxyl groups is 1. The summed E-state index contributed by atoms with van der Waals surface area (Å²) in [5.41, 5.74) is 3.99. The topological polar surface area (TPSA) is 83.4 Å². The molecule has 1 N–H and O–H groups in total. The first kappa shape index (κ1) is 26.6. The number of thioether (sulfide) groups is 1. The molecule has 0 spiro atoms. The van der Waals surface area contributed by atoms with Crippen LogP contribution in [0.5, 0.6) is 0 Å². The van der Waals surface area contributed by atoms with Crippen molar-refractivity contribution in [3.05, 3.63) is 110 Å². The summed E-state index contributed by atoms with van der Waals surface area (Å²) >= 11 is 12.2. The highest BCUT2D eigenvalue weighted by atomic mass is 79.9. The van der Waals surface area contributed by atoms with E-state index in [1.807, 2.05) is 80.6 Å². The zero-order valence-corrected chi connectivity index (χ0v) is 24.3. The molecule has 3 aromatic carbocycles. The third-order valence-corrected chi connectivity index (χ3v) is 9.01. The fourth-order valence-corrected chi connectivity index (χ4v) is 6.61. The maximum absolute atomic E-state index is 13.4. The Balaban J connectivity index is 1.56. The van der Waals surface area contributed by atoms with Crippen molar-refractivity contribution in [3.8, 4) is 0 Å². The van der Waals surface area contributed by atoms with Gasteiger partial charge in [0.05, 0.1) is 11.6 Å². The third kappa shape index (κ3) is 5.29. The zero-order valence-electron chi connectivity index (χ0n) is 20.3. The van der Waals surface area contributed by atoms with Gasteiger partial charge in [0.15, 0.2) is 4.34 Å². The van der Waals surface area contributed by atoms with E-state index in [2.05, 4.69) is 26.1 Å². The summed E-state index contributed by atoms with van der Waals surface area (Å²) in [5, 5.41) is 20.9. The van der Waals surface area contributed by atoms with Crippen LogP contribution in [0.25, 0.3) is 5.76 Å². The van der Waals surface area contributed by atoms with Crippen molar-refractivity contribution in [2.24, 2.45) is 0 Å². The molecule has 0 bridgehead atoms. The molecule has 1 saturated heterocycles. The van der Waals surface area contributed by atoms with Gasteiger partial charge in [-0.15, -0.1) is 10.2 Å². The van der Waals surface area contributed by atoms with Gasteiger partial charge in [0, 0.05) is 20.8 Å². The van der Waals surface area contributed by atoms with Crippen LogP contribution in [-0.4, -0.2) is 27.0 Å². The normalized spacial score (nSPS) is 16.8. The van der Waals surface area contributed by atoms with Gasteiger partial charge in [-0.3, -0.25) is 14.5 Å². The molecule has 4 aromatic rings. The lowest BCUT2D eigenvalue weighted by Gasteiger charge is -2.23. The Kier molecular flexibility index (Phi) is 7.72. The largest absolute Gasteiger partial charge is 0.507 e. The van der Waals surface area contributed by atoms with E-state index in [9.17, 15) is 14.7 Å². The van der Waals surface area contributed by atoms with Gasteiger partial charge in [0.2, 0.25) is 5.13 Å². The van der Waals surface area contributed by atoms with Gasteiger partial charge in [0.25, 0.3) is 5.78 Å². The second kappa shape index (κ2) is 11.0. The quantitative estimate of drug-likeness (QED) is 0.0785. The van der Waals surface area contributed by atoms with Crippen molar-refractivity contribution in [1.82, 2.24) is 10.2 Å². The Morgan fingerprint density at radius 2 is 1.84 bits per heavy atom. The summed E-state index contributed by atoms with van der Waals surface area (Å²) in [4.78, 5) is 28.2. The first-order chi connectivity index (χ1) is 18.2. The van der Waals surface area contributed by atoms with Crippen molar-refractivity contribution >= 4 is 73.2 Å². The van der Waals surface area contributed by atoms with E-state index in [-0.39, 0.29) is 16.5 Å². The van der Waals surface area contributed by atoms with Crippen LogP contribution in [0.3, 0.4) is 0 Å². The zero-order chi connectivity index (χ0) is 27.0. The average molecular weight is 627 g/mol. The van der Waals surface area contributed by atoms with Gasteiger partial charge < -0.3 is 5.11 Å². The fourth-order valence-electron chi connectivity index (χ4n) is 4.24. The van der Waals surface area contributed by atoms with E-state index in [4.69, 9.17) is 11.6 Å². The number of anilines is 1. The maximum atomic E-state index is 13.4. The van der Waals surface area contributed by atoms with Crippen molar-refractivity contribution in [2.45, 2.75) is 30.0 Å².